The van der Waals surface area contributed by atoms with E-state index >= 15 is 0 Å². The van der Waals surface area contributed by atoms with Crippen molar-refractivity contribution in [2.75, 3.05) is 13.1 Å². The molecule has 2 amide bonds. The molecule has 6 nitrogen and oxygen atoms in total. The lowest BCUT2D eigenvalue weighted by Gasteiger charge is -2.39. The number of aryl methyl sites for hydroxylation is 1. The van der Waals surface area contributed by atoms with Gasteiger partial charge in [0.2, 0.25) is 0 Å². The number of hydrogen-bond acceptors (Lipinski definition) is 3. The number of nitrogens with zero attached hydrogens (tertiary/aromatic N) is 3. The van der Waals surface area contributed by atoms with Crippen molar-refractivity contribution in [2.45, 2.75) is 32.7 Å². The normalized spacial score (nSPS) is 15.8. The van der Waals surface area contributed by atoms with Crippen LogP contribution in [-0.2, 0) is 0 Å². The molecule has 3 aromatic rings. The lowest BCUT2D eigenvalue weighted by Crippen LogP contribution is -2.53. The largest absolute Gasteiger partial charge is 0.340 e. The summed E-state index contributed by atoms with van der Waals surface area (Å²) in [6.45, 7) is 7.65. The monoisotopic (exact) mass is 363 g/mol. The maximum atomic E-state index is 12.7. The third kappa shape index (κ3) is 3.52. The van der Waals surface area contributed by atoms with Crippen molar-refractivity contribution in [3.63, 3.8) is 0 Å². The Morgan fingerprint density at radius 2 is 2.07 bits per heavy atom. The Morgan fingerprint density at radius 3 is 2.78 bits per heavy atom. The van der Waals surface area contributed by atoms with Crippen LogP contribution in [0.3, 0.4) is 0 Å². The Hall–Kier alpha value is -2.89. The molecule has 0 aliphatic carbocycles. The summed E-state index contributed by atoms with van der Waals surface area (Å²) in [5.74, 6) is 1.35. The first kappa shape index (κ1) is 17.5. The molecule has 1 atom stereocenters. The molecule has 2 aromatic heterocycles. The third-order valence-corrected chi connectivity index (χ3v) is 5.17. The topological polar surface area (TPSA) is 73.9 Å². The number of aromatic nitrogens is 3. The number of carbonyl (C=O) groups is 1. The van der Waals surface area contributed by atoms with Crippen LogP contribution < -0.4 is 5.32 Å². The van der Waals surface area contributed by atoms with Crippen molar-refractivity contribution >= 4 is 17.1 Å². The fraction of sp³-hybridized carbons (Fsp3) is 0.381. The molecule has 140 valence electrons. The minimum absolute atomic E-state index is 0.0440. The lowest BCUT2D eigenvalue weighted by molar-refractivity contribution is 0.143. The van der Waals surface area contributed by atoms with Crippen LogP contribution in [-0.4, -0.2) is 39.0 Å². The number of rotatable bonds is 4. The van der Waals surface area contributed by atoms with Gasteiger partial charge in [0, 0.05) is 30.9 Å². The molecule has 2 N–H and O–H groups in total. The zero-order valence-corrected chi connectivity index (χ0v) is 15.9. The first-order valence-corrected chi connectivity index (χ1v) is 9.44. The Kier molecular flexibility index (Phi) is 4.56. The Balaban J connectivity index is 1.44. The van der Waals surface area contributed by atoms with Crippen LogP contribution in [0.15, 0.2) is 42.6 Å². The number of fused-ring (bicyclic) bond motifs is 1. The minimum atomic E-state index is -0.154. The fourth-order valence-corrected chi connectivity index (χ4v) is 3.51. The molecule has 1 aromatic carbocycles. The van der Waals surface area contributed by atoms with Crippen LogP contribution >= 0.6 is 0 Å². The maximum absolute atomic E-state index is 12.7. The van der Waals surface area contributed by atoms with Gasteiger partial charge in [-0.05, 0) is 42.7 Å². The lowest BCUT2D eigenvalue weighted by atomic mass is 9.96. The second kappa shape index (κ2) is 7.02. The molecule has 0 spiro atoms. The van der Waals surface area contributed by atoms with Crippen molar-refractivity contribution in [2.24, 2.45) is 5.92 Å². The first-order chi connectivity index (χ1) is 13.0. The molecule has 0 bridgehead atoms. The van der Waals surface area contributed by atoms with Crippen molar-refractivity contribution < 1.29 is 4.79 Å². The number of amides is 2. The smallest absolute Gasteiger partial charge is 0.318 e. The predicted molar refractivity (Wildman–Crippen MR) is 105 cm³/mol. The van der Waals surface area contributed by atoms with Crippen LogP contribution in [0.4, 0.5) is 4.79 Å². The highest BCUT2D eigenvalue weighted by Gasteiger charge is 2.34. The maximum Gasteiger partial charge on any atom is 0.318 e. The van der Waals surface area contributed by atoms with Gasteiger partial charge >= 0.3 is 6.03 Å². The van der Waals surface area contributed by atoms with E-state index in [2.05, 4.69) is 42.1 Å². The summed E-state index contributed by atoms with van der Waals surface area (Å²) < 4.78 is 0. The molecule has 3 heterocycles. The number of urea groups is 1. The van der Waals surface area contributed by atoms with E-state index in [9.17, 15) is 4.79 Å². The molecule has 0 unspecified atom stereocenters. The molecule has 1 fully saturated rings. The van der Waals surface area contributed by atoms with Gasteiger partial charge in [0.15, 0.2) is 0 Å². The number of H-pyrrole nitrogens is 1. The Morgan fingerprint density at radius 1 is 1.26 bits per heavy atom. The molecule has 4 rings (SSSR count). The average molecular weight is 363 g/mol. The first-order valence-electron chi connectivity index (χ1n) is 9.44. The number of imidazole rings is 1. The SMILES string of the molecule is Cc1ccc2nc([C@@H](NC(=O)N3CC(c4ccccn4)C3)C(C)C)[nH]c2c1. The highest BCUT2D eigenvalue weighted by molar-refractivity contribution is 5.77. The van der Waals surface area contributed by atoms with E-state index in [-0.39, 0.29) is 18.0 Å². The van der Waals surface area contributed by atoms with Gasteiger partial charge in [-0.2, -0.15) is 0 Å². The van der Waals surface area contributed by atoms with E-state index in [1.807, 2.05) is 35.2 Å². The second-order valence-electron chi connectivity index (χ2n) is 7.67. The second-order valence-corrected chi connectivity index (χ2v) is 7.67. The molecule has 0 saturated carbocycles. The number of carbonyl (C=O) groups excluding carboxylic acids is 1. The molecule has 27 heavy (non-hydrogen) atoms. The van der Waals surface area contributed by atoms with Crippen LogP contribution in [0.5, 0.6) is 0 Å². The van der Waals surface area contributed by atoms with Crippen molar-refractivity contribution in [3.8, 4) is 0 Å². The number of likely N-dealkylation sites (tertiary alicyclic amines) is 1. The molecule has 1 saturated heterocycles. The van der Waals surface area contributed by atoms with Gasteiger partial charge in [-0.3, -0.25) is 4.98 Å². The number of nitrogens with one attached hydrogen (secondary N) is 2. The molecule has 0 radical (unpaired) electrons. The summed E-state index contributed by atoms with van der Waals surface area (Å²) in [6, 6.07) is 11.9. The van der Waals surface area contributed by atoms with Crippen LogP contribution in [0, 0.1) is 12.8 Å². The molecular weight excluding hydrogens is 338 g/mol. The summed E-state index contributed by atoms with van der Waals surface area (Å²) in [5.41, 5.74) is 4.16. The standard InChI is InChI=1S/C21H25N5O/c1-13(2)19(20-23-17-8-7-14(3)10-18(17)24-20)25-21(27)26-11-15(12-26)16-6-4-5-9-22-16/h4-10,13,15,19H,11-12H2,1-3H3,(H,23,24)(H,25,27)/t19-/m0/s1. The summed E-state index contributed by atoms with van der Waals surface area (Å²) in [5, 5.41) is 3.16. The van der Waals surface area contributed by atoms with Gasteiger partial charge in [-0.15, -0.1) is 0 Å². The molecular formula is C21H25N5O. The zero-order valence-electron chi connectivity index (χ0n) is 15.9. The van der Waals surface area contributed by atoms with E-state index in [1.165, 1.54) is 5.56 Å². The van der Waals surface area contributed by atoms with Gasteiger partial charge in [-0.1, -0.05) is 26.0 Å². The summed E-state index contributed by atoms with van der Waals surface area (Å²) in [4.78, 5) is 27.0. The molecule has 1 aliphatic heterocycles. The minimum Gasteiger partial charge on any atom is -0.340 e. The van der Waals surface area contributed by atoms with Gasteiger partial charge in [0.05, 0.1) is 17.1 Å². The van der Waals surface area contributed by atoms with Gasteiger partial charge in [-0.25, -0.2) is 9.78 Å². The van der Waals surface area contributed by atoms with E-state index in [0.29, 0.717) is 19.0 Å². The molecule has 6 heteroatoms. The predicted octanol–water partition coefficient (Wildman–Crippen LogP) is 3.77. The fourth-order valence-electron chi connectivity index (χ4n) is 3.51. The number of hydrogen-bond donors (Lipinski definition) is 2. The van der Waals surface area contributed by atoms with Crippen LogP contribution in [0.1, 0.15) is 42.9 Å². The van der Waals surface area contributed by atoms with E-state index < -0.39 is 0 Å². The van der Waals surface area contributed by atoms with Crippen molar-refractivity contribution in [1.29, 1.82) is 0 Å². The zero-order chi connectivity index (χ0) is 19.0. The van der Waals surface area contributed by atoms with Crippen LogP contribution in [0.2, 0.25) is 0 Å². The van der Waals surface area contributed by atoms with E-state index in [4.69, 9.17) is 4.98 Å². The van der Waals surface area contributed by atoms with Crippen molar-refractivity contribution in [1.82, 2.24) is 25.2 Å². The summed E-state index contributed by atoms with van der Waals surface area (Å²) >= 11 is 0. The summed E-state index contributed by atoms with van der Waals surface area (Å²) in [7, 11) is 0. The van der Waals surface area contributed by atoms with Gasteiger partial charge in [0.1, 0.15) is 5.82 Å². The average Bonchev–Trinajstić information content (AvgIpc) is 3.01. The highest BCUT2D eigenvalue weighted by atomic mass is 16.2. The van der Waals surface area contributed by atoms with Gasteiger partial charge < -0.3 is 15.2 Å². The highest BCUT2D eigenvalue weighted by Crippen LogP contribution is 2.27. The number of benzene rings is 1. The van der Waals surface area contributed by atoms with Gasteiger partial charge in [0.25, 0.3) is 0 Å². The van der Waals surface area contributed by atoms with Crippen LogP contribution in [0.25, 0.3) is 11.0 Å². The van der Waals surface area contributed by atoms with E-state index in [0.717, 1.165) is 22.6 Å². The Labute approximate surface area is 159 Å². The third-order valence-electron chi connectivity index (χ3n) is 5.17. The molecule has 1 aliphatic rings. The van der Waals surface area contributed by atoms with E-state index in [1.54, 1.807) is 6.20 Å². The number of pyridine rings is 1. The van der Waals surface area contributed by atoms with Crippen molar-refractivity contribution in [3.05, 3.63) is 59.7 Å². The Bertz CT molecular complexity index is 944. The summed E-state index contributed by atoms with van der Waals surface area (Å²) in [6.07, 6.45) is 1.80. The quantitative estimate of drug-likeness (QED) is 0.741. The number of aromatic amines is 1.